The lowest BCUT2D eigenvalue weighted by molar-refractivity contribution is 0.466. The highest BCUT2D eigenvalue weighted by atomic mass is 14.9. The molecule has 1 unspecified atom stereocenters. The van der Waals surface area contributed by atoms with Gasteiger partial charge in [0.15, 0.2) is 0 Å². The van der Waals surface area contributed by atoms with E-state index in [-0.39, 0.29) is 0 Å². The van der Waals surface area contributed by atoms with Gasteiger partial charge in [0.1, 0.15) is 0 Å². The third kappa shape index (κ3) is 3.40. The summed E-state index contributed by atoms with van der Waals surface area (Å²) in [5, 5.41) is 3.47. The molecule has 0 spiro atoms. The van der Waals surface area contributed by atoms with E-state index in [1.165, 1.54) is 19.3 Å². The zero-order chi connectivity index (χ0) is 8.97. The highest BCUT2D eigenvalue weighted by molar-refractivity contribution is 5.12. The summed E-state index contributed by atoms with van der Waals surface area (Å²) in [5.41, 5.74) is 1.67. The molecule has 0 saturated heterocycles. The molecule has 1 nitrogen and oxygen atoms in total. The van der Waals surface area contributed by atoms with Gasteiger partial charge in [0.05, 0.1) is 0 Å². The lowest BCUT2D eigenvalue weighted by Gasteiger charge is -2.20. The highest BCUT2D eigenvalue weighted by Crippen LogP contribution is 2.24. The van der Waals surface area contributed by atoms with Crippen LogP contribution in [0.4, 0.5) is 0 Å². The van der Waals surface area contributed by atoms with E-state index in [2.05, 4.69) is 32.2 Å². The molecule has 1 aliphatic rings. The molecule has 0 aromatic carbocycles. The maximum absolute atomic E-state index is 3.47. The maximum atomic E-state index is 3.47. The van der Waals surface area contributed by atoms with Crippen molar-refractivity contribution in [3.05, 3.63) is 11.6 Å². The fourth-order valence-corrected chi connectivity index (χ4v) is 1.49. The van der Waals surface area contributed by atoms with Gasteiger partial charge in [0.2, 0.25) is 0 Å². The predicted molar refractivity (Wildman–Crippen MR) is 54.2 cm³/mol. The topological polar surface area (TPSA) is 12.0 Å². The Morgan fingerprint density at radius 3 is 2.50 bits per heavy atom. The average Bonchev–Trinajstić information content (AvgIpc) is 1.93. The standard InChI is InChI=1S/C11H21N/c1-9(2)12-8-10(3)7-11-5-4-6-11/h5,9-10,12H,4,6-8H2,1-3H3. The van der Waals surface area contributed by atoms with Crippen molar-refractivity contribution in [2.75, 3.05) is 6.54 Å². The summed E-state index contributed by atoms with van der Waals surface area (Å²) in [4.78, 5) is 0. The van der Waals surface area contributed by atoms with Crippen LogP contribution in [0, 0.1) is 5.92 Å². The summed E-state index contributed by atoms with van der Waals surface area (Å²) in [7, 11) is 0. The van der Waals surface area contributed by atoms with Gasteiger partial charge in [0, 0.05) is 6.04 Å². The molecule has 0 aromatic heterocycles. The third-order valence-electron chi connectivity index (χ3n) is 2.38. The van der Waals surface area contributed by atoms with E-state index in [4.69, 9.17) is 0 Å². The van der Waals surface area contributed by atoms with Gasteiger partial charge >= 0.3 is 0 Å². The summed E-state index contributed by atoms with van der Waals surface area (Å²) in [6.07, 6.45) is 6.36. The summed E-state index contributed by atoms with van der Waals surface area (Å²) < 4.78 is 0. The van der Waals surface area contributed by atoms with Gasteiger partial charge in [-0.15, -0.1) is 0 Å². The summed E-state index contributed by atoms with van der Waals surface area (Å²) in [6.45, 7) is 7.90. The molecule has 0 amide bonds. The Labute approximate surface area is 76.2 Å². The van der Waals surface area contributed by atoms with Gasteiger partial charge in [-0.1, -0.05) is 32.4 Å². The van der Waals surface area contributed by atoms with Gasteiger partial charge in [0.25, 0.3) is 0 Å². The first kappa shape index (κ1) is 9.79. The molecule has 1 N–H and O–H groups in total. The molecule has 1 aliphatic carbocycles. The molecule has 0 bridgehead atoms. The van der Waals surface area contributed by atoms with Gasteiger partial charge in [-0.25, -0.2) is 0 Å². The van der Waals surface area contributed by atoms with Crippen LogP contribution in [0.2, 0.25) is 0 Å². The molecule has 1 rings (SSSR count). The van der Waals surface area contributed by atoms with Crippen LogP contribution in [0.5, 0.6) is 0 Å². The highest BCUT2D eigenvalue weighted by Gasteiger charge is 2.10. The lowest BCUT2D eigenvalue weighted by atomic mass is 9.90. The van der Waals surface area contributed by atoms with Crippen LogP contribution in [0.25, 0.3) is 0 Å². The van der Waals surface area contributed by atoms with Crippen LogP contribution in [0.1, 0.15) is 40.0 Å². The van der Waals surface area contributed by atoms with Crippen molar-refractivity contribution in [1.82, 2.24) is 5.32 Å². The Balaban J connectivity index is 2.07. The van der Waals surface area contributed by atoms with Crippen molar-refractivity contribution in [3.8, 4) is 0 Å². The zero-order valence-corrected chi connectivity index (χ0v) is 8.56. The molecule has 0 aromatic rings. The normalized spacial score (nSPS) is 18.8. The minimum Gasteiger partial charge on any atom is -0.314 e. The Morgan fingerprint density at radius 2 is 2.08 bits per heavy atom. The Kier molecular flexibility index (Phi) is 3.80. The monoisotopic (exact) mass is 167 g/mol. The molecule has 0 aliphatic heterocycles. The fraction of sp³-hybridized carbons (Fsp3) is 0.818. The summed E-state index contributed by atoms with van der Waals surface area (Å²) in [5.74, 6) is 0.805. The molecule has 70 valence electrons. The quantitative estimate of drug-likeness (QED) is 0.621. The van der Waals surface area contributed by atoms with Crippen molar-refractivity contribution >= 4 is 0 Å². The van der Waals surface area contributed by atoms with Gasteiger partial charge in [-0.2, -0.15) is 0 Å². The molecular formula is C11H21N. The van der Waals surface area contributed by atoms with E-state index < -0.39 is 0 Å². The van der Waals surface area contributed by atoms with Gasteiger partial charge < -0.3 is 5.32 Å². The van der Waals surface area contributed by atoms with Crippen molar-refractivity contribution in [1.29, 1.82) is 0 Å². The predicted octanol–water partition coefficient (Wildman–Crippen LogP) is 2.73. The number of allylic oxidation sites excluding steroid dienone is 2. The smallest absolute Gasteiger partial charge is 0.00104 e. The first-order valence-electron chi connectivity index (χ1n) is 5.09. The minimum absolute atomic E-state index is 0.628. The van der Waals surface area contributed by atoms with E-state index >= 15 is 0 Å². The first-order valence-corrected chi connectivity index (χ1v) is 5.09. The third-order valence-corrected chi connectivity index (χ3v) is 2.38. The molecule has 1 heteroatoms. The van der Waals surface area contributed by atoms with Crippen LogP contribution >= 0.6 is 0 Å². The molecule has 0 heterocycles. The van der Waals surface area contributed by atoms with E-state index in [1.54, 1.807) is 5.57 Å². The Hall–Kier alpha value is -0.300. The second-order valence-corrected chi connectivity index (χ2v) is 4.27. The molecule has 12 heavy (non-hydrogen) atoms. The van der Waals surface area contributed by atoms with E-state index in [9.17, 15) is 0 Å². The fourth-order valence-electron chi connectivity index (χ4n) is 1.49. The zero-order valence-electron chi connectivity index (χ0n) is 8.56. The lowest BCUT2D eigenvalue weighted by Crippen LogP contribution is -2.28. The SMILES string of the molecule is CC(CNC(C)C)CC1=CCC1. The number of hydrogen-bond donors (Lipinski definition) is 1. The number of hydrogen-bond acceptors (Lipinski definition) is 1. The summed E-state index contributed by atoms with van der Waals surface area (Å²) >= 11 is 0. The number of nitrogens with one attached hydrogen (secondary N) is 1. The minimum atomic E-state index is 0.628. The van der Waals surface area contributed by atoms with Crippen LogP contribution in [0.3, 0.4) is 0 Å². The van der Waals surface area contributed by atoms with Crippen molar-refractivity contribution in [3.63, 3.8) is 0 Å². The van der Waals surface area contributed by atoms with Gasteiger partial charge in [-0.05, 0) is 31.7 Å². The first-order chi connectivity index (χ1) is 5.68. The van der Waals surface area contributed by atoms with Gasteiger partial charge in [-0.3, -0.25) is 0 Å². The number of rotatable bonds is 5. The maximum Gasteiger partial charge on any atom is 0.00104 e. The van der Waals surface area contributed by atoms with Crippen molar-refractivity contribution < 1.29 is 0 Å². The Bertz CT molecular complexity index is 158. The van der Waals surface area contributed by atoms with E-state index in [0.717, 1.165) is 12.5 Å². The molecule has 0 radical (unpaired) electrons. The van der Waals surface area contributed by atoms with Crippen molar-refractivity contribution in [2.24, 2.45) is 5.92 Å². The van der Waals surface area contributed by atoms with Crippen LogP contribution in [0.15, 0.2) is 11.6 Å². The van der Waals surface area contributed by atoms with Crippen LogP contribution in [-0.2, 0) is 0 Å². The van der Waals surface area contributed by atoms with Crippen molar-refractivity contribution in [2.45, 2.75) is 46.1 Å². The average molecular weight is 167 g/mol. The molecule has 0 fully saturated rings. The second kappa shape index (κ2) is 4.66. The Morgan fingerprint density at radius 1 is 1.42 bits per heavy atom. The van der Waals surface area contributed by atoms with Crippen LogP contribution in [-0.4, -0.2) is 12.6 Å². The largest absolute Gasteiger partial charge is 0.314 e. The second-order valence-electron chi connectivity index (χ2n) is 4.27. The summed E-state index contributed by atoms with van der Waals surface area (Å²) in [6, 6.07) is 0.628. The van der Waals surface area contributed by atoms with E-state index in [0.29, 0.717) is 6.04 Å². The van der Waals surface area contributed by atoms with E-state index in [1.807, 2.05) is 0 Å². The molecule has 1 atom stereocenters. The molecule has 0 saturated carbocycles. The molecular weight excluding hydrogens is 146 g/mol. The van der Waals surface area contributed by atoms with Crippen LogP contribution < -0.4 is 5.32 Å².